The van der Waals surface area contributed by atoms with Crippen molar-refractivity contribution in [1.29, 1.82) is 0 Å². The fourth-order valence-corrected chi connectivity index (χ4v) is 4.85. The van der Waals surface area contributed by atoms with E-state index in [1.165, 1.54) is 27.1 Å². The van der Waals surface area contributed by atoms with E-state index in [0.717, 1.165) is 29.3 Å². The second kappa shape index (κ2) is 8.26. The molecule has 1 aromatic carbocycles. The Balaban J connectivity index is 1.64. The summed E-state index contributed by atoms with van der Waals surface area (Å²) in [5, 5.41) is 14.9. The fourth-order valence-electron chi connectivity index (χ4n) is 3.73. The molecular formula is C19H24N5O4S+. The van der Waals surface area contributed by atoms with Crippen molar-refractivity contribution >= 4 is 22.4 Å². The van der Waals surface area contributed by atoms with Gasteiger partial charge in [0, 0.05) is 5.56 Å². The minimum Gasteiger partial charge on any atom is -0.497 e. The van der Waals surface area contributed by atoms with Gasteiger partial charge in [0.25, 0.3) is 0 Å². The van der Waals surface area contributed by atoms with Crippen molar-refractivity contribution in [3.8, 4) is 11.6 Å². The van der Waals surface area contributed by atoms with Crippen LogP contribution >= 0.6 is 11.3 Å². The molecule has 0 bridgehead atoms. The molecule has 2 N–H and O–H groups in total. The number of methoxy groups -OCH3 is 1. The lowest BCUT2D eigenvalue weighted by atomic mass is 10.0. The number of ether oxygens (including phenoxy) is 2. The number of rotatable bonds is 5. The molecule has 1 aliphatic rings. The Morgan fingerprint density at radius 2 is 2.03 bits per heavy atom. The molecule has 2 aromatic heterocycles. The summed E-state index contributed by atoms with van der Waals surface area (Å²) in [5.74, 6) is 0.894. The number of amides is 1. The van der Waals surface area contributed by atoms with Crippen LogP contribution in [0.5, 0.6) is 11.6 Å². The van der Waals surface area contributed by atoms with Crippen LogP contribution in [-0.4, -0.2) is 70.6 Å². The van der Waals surface area contributed by atoms with Crippen molar-refractivity contribution in [3.05, 3.63) is 41.0 Å². The average Bonchev–Trinajstić information content (AvgIpc) is 3.33. The van der Waals surface area contributed by atoms with E-state index in [0.29, 0.717) is 24.7 Å². The Kier molecular flexibility index (Phi) is 5.54. The molecule has 0 unspecified atom stereocenters. The number of thiazole rings is 1. The number of carbonyl (C=O) groups is 1. The standard InChI is InChI=1S/C19H23N5O4S/c1-3-28-19(26)23-10-8-22(9-11-23)15(13-4-6-14(27-2)7-5-13)16-17(25)24-18(29-16)20-12-21-24/h4-7,12,15,25H,3,8-11H2,1-2H3/p+1/t15-/m1/s1. The third kappa shape index (κ3) is 3.73. The molecule has 0 saturated carbocycles. The van der Waals surface area contributed by atoms with Crippen LogP contribution in [0.3, 0.4) is 0 Å². The molecule has 9 nitrogen and oxygen atoms in total. The summed E-state index contributed by atoms with van der Waals surface area (Å²) >= 11 is 1.43. The molecule has 1 aliphatic heterocycles. The molecular weight excluding hydrogens is 394 g/mol. The molecule has 1 saturated heterocycles. The number of quaternary nitrogens is 1. The van der Waals surface area contributed by atoms with E-state index in [-0.39, 0.29) is 18.0 Å². The second-order valence-corrected chi connectivity index (χ2v) is 7.80. The quantitative estimate of drug-likeness (QED) is 0.641. The van der Waals surface area contributed by atoms with E-state index in [1.54, 1.807) is 12.0 Å². The first-order valence-corrected chi connectivity index (χ1v) is 10.4. The third-order valence-electron chi connectivity index (χ3n) is 5.19. The van der Waals surface area contributed by atoms with Gasteiger partial charge in [0.15, 0.2) is 6.04 Å². The van der Waals surface area contributed by atoms with Crippen LogP contribution in [0.1, 0.15) is 23.4 Å². The number of benzene rings is 1. The van der Waals surface area contributed by atoms with E-state index in [4.69, 9.17) is 9.47 Å². The molecule has 0 radical (unpaired) electrons. The molecule has 1 amide bonds. The first-order valence-electron chi connectivity index (χ1n) is 9.54. The van der Waals surface area contributed by atoms with Gasteiger partial charge >= 0.3 is 6.09 Å². The molecule has 0 aliphatic carbocycles. The van der Waals surface area contributed by atoms with Gasteiger partial charge in [-0.25, -0.2) is 9.78 Å². The fraction of sp³-hybridized carbons (Fsp3) is 0.421. The Labute approximate surface area is 172 Å². The van der Waals surface area contributed by atoms with Crippen LogP contribution in [0.15, 0.2) is 30.6 Å². The summed E-state index contributed by atoms with van der Waals surface area (Å²) < 4.78 is 11.9. The lowest BCUT2D eigenvalue weighted by molar-refractivity contribution is -0.929. The van der Waals surface area contributed by atoms with Crippen LogP contribution in [0, 0.1) is 0 Å². The van der Waals surface area contributed by atoms with Gasteiger partial charge in [-0.05, 0) is 31.2 Å². The van der Waals surface area contributed by atoms with Gasteiger partial charge < -0.3 is 19.5 Å². The highest BCUT2D eigenvalue weighted by Gasteiger charge is 2.36. The summed E-state index contributed by atoms with van der Waals surface area (Å²) in [4.78, 5) is 20.7. The van der Waals surface area contributed by atoms with Crippen LogP contribution in [0.2, 0.25) is 0 Å². The maximum Gasteiger partial charge on any atom is 0.410 e. The normalized spacial score (nSPS) is 16.1. The Hall–Kier alpha value is -2.85. The van der Waals surface area contributed by atoms with Crippen molar-refractivity contribution in [2.45, 2.75) is 13.0 Å². The molecule has 3 aromatic rings. The van der Waals surface area contributed by atoms with Crippen LogP contribution in [0.4, 0.5) is 4.79 Å². The minimum atomic E-state index is -0.269. The van der Waals surface area contributed by atoms with Crippen LogP contribution in [-0.2, 0) is 4.74 Å². The SMILES string of the molecule is CCOC(=O)N1CC[NH+]([C@H](c2ccc(OC)cc2)c2sc3ncnn3c2O)CC1. The van der Waals surface area contributed by atoms with Gasteiger partial charge in [-0.3, -0.25) is 4.90 Å². The zero-order chi connectivity index (χ0) is 20.4. The number of carbonyl (C=O) groups excluding carboxylic acids is 1. The summed E-state index contributed by atoms with van der Waals surface area (Å²) in [6.07, 6.45) is 1.16. The highest BCUT2D eigenvalue weighted by Crippen LogP contribution is 2.35. The lowest BCUT2D eigenvalue weighted by Gasteiger charge is -2.35. The number of hydrogen-bond acceptors (Lipinski definition) is 7. The van der Waals surface area contributed by atoms with Gasteiger partial charge in [0.05, 0.1) is 39.9 Å². The van der Waals surface area contributed by atoms with E-state index >= 15 is 0 Å². The minimum absolute atomic E-state index is 0.0984. The predicted octanol–water partition coefficient (Wildman–Crippen LogP) is 0.951. The second-order valence-electron chi connectivity index (χ2n) is 6.79. The largest absolute Gasteiger partial charge is 0.497 e. The number of hydrogen-bond donors (Lipinski definition) is 2. The summed E-state index contributed by atoms with van der Waals surface area (Å²) in [7, 11) is 1.64. The highest BCUT2D eigenvalue weighted by atomic mass is 32.1. The smallest absolute Gasteiger partial charge is 0.410 e. The van der Waals surface area contributed by atoms with E-state index in [9.17, 15) is 9.90 Å². The monoisotopic (exact) mass is 418 g/mol. The van der Waals surface area contributed by atoms with Crippen LogP contribution in [0.25, 0.3) is 4.96 Å². The topological polar surface area (TPSA) is 93.6 Å². The molecule has 4 rings (SSSR count). The average molecular weight is 418 g/mol. The molecule has 29 heavy (non-hydrogen) atoms. The zero-order valence-electron chi connectivity index (χ0n) is 16.4. The maximum atomic E-state index is 12.0. The number of aromatic nitrogens is 3. The maximum absolute atomic E-state index is 12.0. The number of nitrogens with one attached hydrogen (secondary N) is 1. The summed E-state index contributed by atoms with van der Waals surface area (Å²) in [5.41, 5.74) is 1.06. The van der Waals surface area contributed by atoms with E-state index in [2.05, 4.69) is 10.1 Å². The van der Waals surface area contributed by atoms with Gasteiger partial charge in [0.2, 0.25) is 10.8 Å². The van der Waals surface area contributed by atoms with Crippen LogP contribution < -0.4 is 9.64 Å². The zero-order valence-corrected chi connectivity index (χ0v) is 17.2. The predicted molar refractivity (Wildman–Crippen MR) is 107 cm³/mol. The number of nitrogens with zero attached hydrogens (tertiary/aromatic N) is 4. The number of fused-ring (bicyclic) bond motifs is 1. The molecule has 3 heterocycles. The van der Waals surface area contributed by atoms with Gasteiger partial charge in [-0.1, -0.05) is 11.3 Å². The molecule has 1 fully saturated rings. The lowest BCUT2D eigenvalue weighted by Crippen LogP contribution is -3.15. The molecule has 10 heteroatoms. The van der Waals surface area contributed by atoms with Crippen molar-refractivity contribution in [2.75, 3.05) is 39.9 Å². The first-order chi connectivity index (χ1) is 14.1. The number of piperazine rings is 1. The summed E-state index contributed by atoms with van der Waals surface area (Å²) in [6.45, 7) is 4.86. The Morgan fingerprint density at radius 3 is 2.66 bits per heavy atom. The summed E-state index contributed by atoms with van der Waals surface area (Å²) in [6, 6.07) is 7.78. The Bertz CT molecular complexity index is 978. The van der Waals surface area contributed by atoms with Gasteiger partial charge in [-0.15, -0.1) is 0 Å². The molecule has 1 atom stereocenters. The van der Waals surface area contributed by atoms with Gasteiger partial charge in [0.1, 0.15) is 17.0 Å². The Morgan fingerprint density at radius 1 is 1.31 bits per heavy atom. The van der Waals surface area contributed by atoms with Crippen molar-refractivity contribution in [2.24, 2.45) is 0 Å². The van der Waals surface area contributed by atoms with Crippen molar-refractivity contribution in [1.82, 2.24) is 19.5 Å². The first kappa shape index (κ1) is 19.5. The van der Waals surface area contributed by atoms with E-state index in [1.807, 2.05) is 31.2 Å². The number of aromatic hydroxyl groups is 1. The van der Waals surface area contributed by atoms with Crippen molar-refractivity contribution < 1.29 is 24.3 Å². The van der Waals surface area contributed by atoms with E-state index < -0.39 is 0 Å². The van der Waals surface area contributed by atoms with Gasteiger partial charge in [-0.2, -0.15) is 9.61 Å². The molecule has 0 spiro atoms. The third-order valence-corrected chi connectivity index (χ3v) is 6.29. The highest BCUT2D eigenvalue weighted by molar-refractivity contribution is 7.17. The molecule has 154 valence electrons. The van der Waals surface area contributed by atoms with Crippen molar-refractivity contribution in [3.63, 3.8) is 0 Å².